The number of benzene rings is 1. The highest BCUT2D eigenvalue weighted by molar-refractivity contribution is 5.92. The van der Waals surface area contributed by atoms with Crippen LogP contribution < -0.4 is 0 Å². The van der Waals surface area contributed by atoms with E-state index in [1.54, 1.807) is 0 Å². The molecule has 0 unspecified atom stereocenters. The third kappa shape index (κ3) is 4.98. The van der Waals surface area contributed by atoms with Gasteiger partial charge in [-0.2, -0.15) is 0 Å². The average molecular weight is 382 g/mol. The second-order valence-electron chi connectivity index (χ2n) is 8.22. The van der Waals surface area contributed by atoms with Crippen molar-refractivity contribution in [2.24, 2.45) is 5.92 Å². The molecule has 1 atom stereocenters. The van der Waals surface area contributed by atoms with Crippen LogP contribution in [0.15, 0.2) is 36.5 Å². The Bertz CT molecular complexity index is 753. The Morgan fingerprint density at radius 2 is 1.89 bits per heavy atom. The normalized spacial score (nSPS) is 20.6. The zero-order chi connectivity index (χ0) is 19.2. The number of amides is 1. The van der Waals surface area contributed by atoms with E-state index < -0.39 is 0 Å². The molecule has 0 spiro atoms. The zero-order valence-corrected chi connectivity index (χ0v) is 16.7. The van der Waals surface area contributed by atoms with E-state index in [1.165, 1.54) is 31.4 Å². The van der Waals surface area contributed by atoms with Crippen molar-refractivity contribution < 1.29 is 4.79 Å². The number of aryl methyl sites for hydroxylation is 1. The van der Waals surface area contributed by atoms with E-state index in [4.69, 9.17) is 0 Å². The van der Waals surface area contributed by atoms with Crippen molar-refractivity contribution in [2.45, 2.75) is 45.1 Å². The van der Waals surface area contributed by atoms with E-state index >= 15 is 0 Å². The quantitative estimate of drug-likeness (QED) is 0.740. The average Bonchev–Trinajstić information content (AvgIpc) is 3.41. The van der Waals surface area contributed by atoms with E-state index in [-0.39, 0.29) is 5.91 Å². The number of carbonyl (C=O) groups excluding carboxylic acids is 1. The lowest BCUT2D eigenvalue weighted by atomic mass is 9.97. The summed E-state index contributed by atoms with van der Waals surface area (Å²) in [7, 11) is 0. The van der Waals surface area contributed by atoms with Gasteiger partial charge in [0.05, 0.1) is 6.20 Å². The molecule has 0 aliphatic carbocycles. The molecule has 150 valence electrons. The van der Waals surface area contributed by atoms with Gasteiger partial charge in [-0.15, -0.1) is 5.10 Å². The molecule has 6 heteroatoms. The first-order valence-electron chi connectivity index (χ1n) is 10.7. The Morgan fingerprint density at radius 3 is 2.71 bits per heavy atom. The molecule has 0 N–H and O–H groups in total. The van der Waals surface area contributed by atoms with Crippen LogP contribution in [-0.4, -0.2) is 63.4 Å². The van der Waals surface area contributed by atoms with Gasteiger partial charge in [-0.3, -0.25) is 9.48 Å². The third-order valence-corrected chi connectivity index (χ3v) is 5.98. The Balaban J connectivity index is 1.24. The largest absolute Gasteiger partial charge is 0.337 e. The lowest BCUT2D eigenvalue weighted by Crippen LogP contribution is -2.37. The maximum absolute atomic E-state index is 12.4. The number of aromatic nitrogens is 3. The minimum atomic E-state index is 0.0370. The first kappa shape index (κ1) is 19.1. The summed E-state index contributed by atoms with van der Waals surface area (Å²) >= 11 is 0. The summed E-state index contributed by atoms with van der Waals surface area (Å²) in [4.78, 5) is 16.9. The Hall–Kier alpha value is -2.21. The summed E-state index contributed by atoms with van der Waals surface area (Å²) in [6, 6.07) is 10.7. The van der Waals surface area contributed by atoms with Crippen LogP contribution in [0.25, 0.3) is 0 Å². The lowest BCUT2D eigenvalue weighted by Gasteiger charge is -2.32. The second kappa shape index (κ2) is 9.32. The van der Waals surface area contributed by atoms with Gasteiger partial charge in [0, 0.05) is 26.2 Å². The fourth-order valence-corrected chi connectivity index (χ4v) is 4.49. The Morgan fingerprint density at radius 1 is 1.07 bits per heavy atom. The second-order valence-corrected chi connectivity index (χ2v) is 8.22. The SMILES string of the molecule is O=C(c1cn(C[C@H]2CCCN(CCCc3ccccc3)C2)nn1)N1CCCC1. The molecule has 3 heterocycles. The first-order chi connectivity index (χ1) is 13.8. The molecule has 0 radical (unpaired) electrons. The minimum absolute atomic E-state index is 0.0370. The van der Waals surface area contributed by atoms with Gasteiger partial charge in [-0.05, 0) is 63.1 Å². The maximum Gasteiger partial charge on any atom is 0.276 e. The number of rotatable bonds is 7. The molecule has 2 aromatic rings. The highest BCUT2D eigenvalue weighted by Gasteiger charge is 2.24. The number of hydrogen-bond donors (Lipinski definition) is 0. The molecule has 1 amide bonds. The Labute approximate surface area is 167 Å². The van der Waals surface area contributed by atoms with Gasteiger partial charge < -0.3 is 9.80 Å². The van der Waals surface area contributed by atoms with Gasteiger partial charge in [-0.1, -0.05) is 35.5 Å². The number of hydrogen-bond acceptors (Lipinski definition) is 4. The van der Waals surface area contributed by atoms with Crippen LogP contribution in [0, 0.1) is 5.92 Å². The molecular formula is C22H31N5O. The fourth-order valence-electron chi connectivity index (χ4n) is 4.49. The minimum Gasteiger partial charge on any atom is -0.337 e. The van der Waals surface area contributed by atoms with Gasteiger partial charge in [0.25, 0.3) is 5.91 Å². The smallest absolute Gasteiger partial charge is 0.276 e. The number of piperidine rings is 1. The monoisotopic (exact) mass is 381 g/mol. The van der Waals surface area contributed by atoms with Crippen molar-refractivity contribution in [1.29, 1.82) is 0 Å². The summed E-state index contributed by atoms with van der Waals surface area (Å²) in [5.74, 6) is 0.622. The molecule has 0 saturated carbocycles. The molecule has 1 aromatic carbocycles. The number of nitrogens with zero attached hydrogens (tertiary/aromatic N) is 5. The van der Waals surface area contributed by atoms with Gasteiger partial charge in [0.2, 0.25) is 0 Å². The predicted molar refractivity (Wildman–Crippen MR) is 109 cm³/mol. The molecule has 2 aliphatic rings. The van der Waals surface area contributed by atoms with E-state index in [0.717, 1.165) is 52.0 Å². The van der Waals surface area contributed by atoms with Crippen LogP contribution in [0.5, 0.6) is 0 Å². The fraction of sp³-hybridized carbons (Fsp3) is 0.591. The van der Waals surface area contributed by atoms with Gasteiger partial charge in [0.15, 0.2) is 5.69 Å². The van der Waals surface area contributed by atoms with Crippen LogP contribution in [-0.2, 0) is 13.0 Å². The predicted octanol–water partition coefficient (Wildman–Crippen LogP) is 2.86. The maximum atomic E-state index is 12.4. The van der Waals surface area contributed by atoms with Gasteiger partial charge in [-0.25, -0.2) is 0 Å². The highest BCUT2D eigenvalue weighted by atomic mass is 16.2. The van der Waals surface area contributed by atoms with Crippen molar-refractivity contribution in [3.63, 3.8) is 0 Å². The first-order valence-corrected chi connectivity index (χ1v) is 10.7. The Kier molecular flexibility index (Phi) is 6.37. The van der Waals surface area contributed by atoms with E-state index in [2.05, 4.69) is 45.5 Å². The molecule has 2 saturated heterocycles. The number of carbonyl (C=O) groups is 1. The van der Waals surface area contributed by atoms with Crippen LogP contribution in [0.1, 0.15) is 48.2 Å². The summed E-state index contributed by atoms with van der Waals surface area (Å²) in [6.45, 7) is 6.03. The summed E-state index contributed by atoms with van der Waals surface area (Å²) in [6.07, 6.45) is 8.86. The van der Waals surface area contributed by atoms with Crippen molar-refractivity contribution in [3.8, 4) is 0 Å². The van der Waals surface area contributed by atoms with Crippen molar-refractivity contribution >= 4 is 5.91 Å². The van der Waals surface area contributed by atoms with E-state index in [9.17, 15) is 4.79 Å². The zero-order valence-electron chi connectivity index (χ0n) is 16.7. The summed E-state index contributed by atoms with van der Waals surface area (Å²) in [5, 5.41) is 8.37. The topological polar surface area (TPSA) is 54.3 Å². The molecule has 4 rings (SSSR count). The van der Waals surface area contributed by atoms with Crippen molar-refractivity contribution in [2.75, 3.05) is 32.7 Å². The van der Waals surface area contributed by atoms with Crippen LogP contribution >= 0.6 is 0 Å². The number of likely N-dealkylation sites (tertiary alicyclic amines) is 2. The van der Waals surface area contributed by atoms with Crippen molar-refractivity contribution in [1.82, 2.24) is 24.8 Å². The van der Waals surface area contributed by atoms with Crippen LogP contribution in [0.3, 0.4) is 0 Å². The summed E-state index contributed by atoms with van der Waals surface area (Å²) < 4.78 is 1.88. The van der Waals surface area contributed by atoms with E-state index in [1.807, 2.05) is 15.8 Å². The van der Waals surface area contributed by atoms with Crippen molar-refractivity contribution in [3.05, 3.63) is 47.8 Å². The summed E-state index contributed by atoms with van der Waals surface area (Å²) in [5.41, 5.74) is 1.92. The highest BCUT2D eigenvalue weighted by Crippen LogP contribution is 2.19. The lowest BCUT2D eigenvalue weighted by molar-refractivity contribution is 0.0787. The molecule has 2 fully saturated rings. The van der Waals surface area contributed by atoms with Crippen LogP contribution in [0.4, 0.5) is 0 Å². The standard InChI is InChI=1S/C22H31N5O/c28-22(26-14-4-5-15-26)21-18-27(24-23-21)17-20-11-7-13-25(16-20)12-6-10-19-8-2-1-3-9-19/h1-3,8-9,18,20H,4-7,10-17H2/t20-/m0/s1. The molecule has 28 heavy (non-hydrogen) atoms. The van der Waals surface area contributed by atoms with Gasteiger partial charge >= 0.3 is 0 Å². The van der Waals surface area contributed by atoms with E-state index in [0.29, 0.717) is 11.6 Å². The molecular weight excluding hydrogens is 350 g/mol. The van der Waals surface area contributed by atoms with Crippen LogP contribution in [0.2, 0.25) is 0 Å². The molecule has 6 nitrogen and oxygen atoms in total. The molecule has 0 bridgehead atoms. The van der Waals surface area contributed by atoms with Gasteiger partial charge in [0.1, 0.15) is 0 Å². The third-order valence-electron chi connectivity index (χ3n) is 5.98. The molecule has 2 aliphatic heterocycles. The molecule has 1 aromatic heterocycles.